The molecular weight excluding hydrogens is 160 g/mol. The zero-order valence-electron chi connectivity index (χ0n) is 6.72. The molecule has 1 heterocycles. The Morgan fingerprint density at radius 2 is 2.36 bits per heavy atom. The van der Waals surface area contributed by atoms with Gasteiger partial charge in [-0.05, 0) is 14.0 Å². The molecule has 3 nitrogen and oxygen atoms in total. The molecule has 2 N–H and O–H groups in total. The topological polar surface area (TPSA) is 45.1 Å². The molecule has 0 unspecified atom stereocenters. The third kappa shape index (κ3) is 1.99. The normalized spacial score (nSPS) is 10.5. The first-order valence-corrected chi connectivity index (χ1v) is 4.30. The Hall–Kier alpha value is -0.450. The average molecular weight is 172 g/mol. The monoisotopic (exact) mass is 172 g/mol. The molecule has 62 valence electrons. The van der Waals surface area contributed by atoms with E-state index in [-0.39, 0.29) is 6.61 Å². The lowest BCUT2D eigenvalue weighted by molar-refractivity contribution is 0.281. The van der Waals surface area contributed by atoms with Gasteiger partial charge < -0.3 is 10.4 Å². The van der Waals surface area contributed by atoms with Gasteiger partial charge in [0.25, 0.3) is 0 Å². The van der Waals surface area contributed by atoms with Crippen molar-refractivity contribution in [1.82, 2.24) is 10.3 Å². The van der Waals surface area contributed by atoms with Crippen LogP contribution in [0.15, 0.2) is 0 Å². The highest BCUT2D eigenvalue weighted by Gasteiger charge is 2.04. The smallest absolute Gasteiger partial charge is 0.119 e. The van der Waals surface area contributed by atoms with Crippen LogP contribution >= 0.6 is 11.3 Å². The van der Waals surface area contributed by atoms with Crippen LogP contribution in [-0.4, -0.2) is 17.1 Å². The molecule has 0 amide bonds. The summed E-state index contributed by atoms with van der Waals surface area (Å²) in [6.07, 6.45) is 0. The molecule has 0 aliphatic rings. The van der Waals surface area contributed by atoms with Gasteiger partial charge in [-0.2, -0.15) is 0 Å². The maximum atomic E-state index is 8.77. The van der Waals surface area contributed by atoms with Crippen molar-refractivity contribution in [2.45, 2.75) is 20.1 Å². The molecule has 0 aliphatic heterocycles. The summed E-state index contributed by atoms with van der Waals surface area (Å²) in [4.78, 5) is 5.38. The Morgan fingerprint density at radius 3 is 2.82 bits per heavy atom. The van der Waals surface area contributed by atoms with Crippen LogP contribution in [0, 0.1) is 6.92 Å². The van der Waals surface area contributed by atoms with Gasteiger partial charge in [0.1, 0.15) is 5.01 Å². The molecule has 4 heteroatoms. The van der Waals surface area contributed by atoms with Crippen molar-refractivity contribution < 1.29 is 5.11 Å². The number of aryl methyl sites for hydroxylation is 1. The Balaban J connectivity index is 2.79. The lowest BCUT2D eigenvalue weighted by atomic mass is 10.4. The molecule has 1 rings (SSSR count). The fourth-order valence-electron chi connectivity index (χ4n) is 0.880. The Morgan fingerprint density at radius 1 is 1.64 bits per heavy atom. The van der Waals surface area contributed by atoms with Crippen molar-refractivity contribution in [3.05, 3.63) is 15.6 Å². The predicted molar refractivity (Wildman–Crippen MR) is 45.5 cm³/mol. The van der Waals surface area contributed by atoms with Crippen molar-refractivity contribution in [1.29, 1.82) is 0 Å². The van der Waals surface area contributed by atoms with Gasteiger partial charge in [-0.3, -0.25) is 0 Å². The van der Waals surface area contributed by atoms with Gasteiger partial charge in [0, 0.05) is 11.4 Å². The summed E-state index contributed by atoms with van der Waals surface area (Å²) >= 11 is 1.56. The minimum atomic E-state index is 0.0508. The molecule has 1 aromatic heterocycles. The first kappa shape index (κ1) is 8.64. The maximum Gasteiger partial charge on any atom is 0.119 e. The molecule has 0 saturated heterocycles. The summed E-state index contributed by atoms with van der Waals surface area (Å²) < 4.78 is 0. The molecular formula is C7H12N2OS. The van der Waals surface area contributed by atoms with Crippen molar-refractivity contribution in [2.75, 3.05) is 7.05 Å². The van der Waals surface area contributed by atoms with Gasteiger partial charge in [0.2, 0.25) is 0 Å². The molecule has 1 aromatic rings. The standard InChI is InChI=1S/C7H12N2OS/c1-5-6(3-8-2)11-7(4-10)9-5/h8,10H,3-4H2,1-2H3. The zero-order chi connectivity index (χ0) is 8.27. The third-order valence-electron chi connectivity index (χ3n) is 1.41. The van der Waals surface area contributed by atoms with Crippen molar-refractivity contribution >= 4 is 11.3 Å². The number of aliphatic hydroxyl groups is 1. The van der Waals surface area contributed by atoms with Crippen LogP contribution in [0.5, 0.6) is 0 Å². The number of nitrogens with one attached hydrogen (secondary N) is 1. The highest BCUT2D eigenvalue weighted by molar-refractivity contribution is 7.11. The van der Waals surface area contributed by atoms with E-state index >= 15 is 0 Å². The van der Waals surface area contributed by atoms with Crippen molar-refractivity contribution in [2.24, 2.45) is 0 Å². The first-order chi connectivity index (χ1) is 5.27. The first-order valence-electron chi connectivity index (χ1n) is 3.48. The lowest BCUT2D eigenvalue weighted by Crippen LogP contribution is -2.04. The largest absolute Gasteiger partial charge is 0.389 e. The van der Waals surface area contributed by atoms with E-state index in [2.05, 4.69) is 10.3 Å². The highest BCUT2D eigenvalue weighted by atomic mass is 32.1. The van der Waals surface area contributed by atoms with Gasteiger partial charge in [0.15, 0.2) is 0 Å². The van der Waals surface area contributed by atoms with Gasteiger partial charge >= 0.3 is 0 Å². The highest BCUT2D eigenvalue weighted by Crippen LogP contribution is 2.17. The number of nitrogens with zero attached hydrogens (tertiary/aromatic N) is 1. The van der Waals surface area contributed by atoms with Gasteiger partial charge in [-0.15, -0.1) is 11.3 Å². The Labute approximate surface area is 70.1 Å². The van der Waals surface area contributed by atoms with Crippen LogP contribution < -0.4 is 5.32 Å². The van der Waals surface area contributed by atoms with E-state index in [1.807, 2.05) is 14.0 Å². The Kier molecular flexibility index (Phi) is 2.99. The second-order valence-corrected chi connectivity index (χ2v) is 3.47. The summed E-state index contributed by atoms with van der Waals surface area (Å²) in [5.41, 5.74) is 1.02. The summed E-state index contributed by atoms with van der Waals surface area (Å²) in [6.45, 7) is 2.85. The van der Waals surface area contributed by atoms with E-state index in [4.69, 9.17) is 5.11 Å². The van der Waals surface area contributed by atoms with Crippen LogP contribution in [-0.2, 0) is 13.2 Å². The molecule has 0 atom stereocenters. The zero-order valence-corrected chi connectivity index (χ0v) is 7.53. The SMILES string of the molecule is CNCc1sc(CO)nc1C. The average Bonchev–Trinajstić information content (AvgIpc) is 2.33. The summed E-state index contributed by atoms with van der Waals surface area (Å²) in [5, 5.41) is 12.6. The number of hydrogen-bond acceptors (Lipinski definition) is 4. The fraction of sp³-hybridized carbons (Fsp3) is 0.571. The maximum absolute atomic E-state index is 8.77. The van der Waals surface area contributed by atoms with Gasteiger partial charge in [-0.25, -0.2) is 4.98 Å². The molecule has 0 aliphatic carbocycles. The number of aliphatic hydroxyl groups excluding tert-OH is 1. The number of aromatic nitrogens is 1. The molecule has 0 saturated carbocycles. The van der Waals surface area contributed by atoms with Crippen molar-refractivity contribution in [3.8, 4) is 0 Å². The number of thiazole rings is 1. The van der Waals surface area contributed by atoms with E-state index in [9.17, 15) is 0 Å². The molecule has 0 fully saturated rings. The van der Waals surface area contributed by atoms with E-state index in [1.54, 1.807) is 11.3 Å². The van der Waals surface area contributed by atoms with Crippen molar-refractivity contribution in [3.63, 3.8) is 0 Å². The van der Waals surface area contributed by atoms with Crippen LogP contribution in [0.4, 0.5) is 0 Å². The minimum absolute atomic E-state index is 0.0508. The second kappa shape index (κ2) is 3.80. The van der Waals surface area contributed by atoms with Gasteiger partial charge in [0.05, 0.1) is 12.3 Å². The molecule has 0 radical (unpaired) electrons. The quantitative estimate of drug-likeness (QED) is 0.704. The van der Waals surface area contributed by atoms with Crippen LogP contribution in [0.3, 0.4) is 0 Å². The second-order valence-electron chi connectivity index (χ2n) is 2.30. The molecule has 0 aromatic carbocycles. The fourth-order valence-corrected chi connectivity index (χ4v) is 1.82. The number of hydrogen-bond donors (Lipinski definition) is 2. The third-order valence-corrected chi connectivity index (χ3v) is 2.55. The van der Waals surface area contributed by atoms with E-state index < -0.39 is 0 Å². The summed E-state index contributed by atoms with van der Waals surface area (Å²) in [6, 6.07) is 0. The summed E-state index contributed by atoms with van der Waals surface area (Å²) in [7, 11) is 1.90. The molecule has 0 spiro atoms. The molecule has 0 bridgehead atoms. The molecule has 11 heavy (non-hydrogen) atoms. The summed E-state index contributed by atoms with van der Waals surface area (Å²) in [5.74, 6) is 0. The van der Waals surface area contributed by atoms with Crippen LogP contribution in [0.1, 0.15) is 15.6 Å². The van der Waals surface area contributed by atoms with E-state index in [1.165, 1.54) is 4.88 Å². The van der Waals surface area contributed by atoms with Gasteiger partial charge in [-0.1, -0.05) is 0 Å². The van der Waals surface area contributed by atoms with Crippen LogP contribution in [0.25, 0.3) is 0 Å². The predicted octanol–water partition coefficient (Wildman–Crippen LogP) is 0.663. The van der Waals surface area contributed by atoms with E-state index in [0.29, 0.717) is 0 Å². The lowest BCUT2D eigenvalue weighted by Gasteiger charge is -1.93. The van der Waals surface area contributed by atoms with Crippen LogP contribution in [0.2, 0.25) is 0 Å². The Bertz CT molecular complexity index is 234. The van der Waals surface area contributed by atoms with E-state index in [0.717, 1.165) is 17.2 Å². The minimum Gasteiger partial charge on any atom is -0.389 e. The number of rotatable bonds is 3.